The van der Waals surface area contributed by atoms with E-state index in [0.29, 0.717) is 18.9 Å². The van der Waals surface area contributed by atoms with Crippen molar-refractivity contribution >= 4 is 12.0 Å². The predicted molar refractivity (Wildman–Crippen MR) is 75.9 cm³/mol. The number of hydrogen-bond donors (Lipinski definition) is 2. The number of ether oxygens (including phenoxy) is 1. The van der Waals surface area contributed by atoms with Gasteiger partial charge in [0.1, 0.15) is 0 Å². The van der Waals surface area contributed by atoms with Crippen molar-refractivity contribution in [2.45, 2.75) is 45.8 Å². The Balaban J connectivity index is 1.62. The minimum absolute atomic E-state index is 0.0490. The summed E-state index contributed by atoms with van der Waals surface area (Å²) in [4.78, 5) is 25.3. The van der Waals surface area contributed by atoms with Crippen LogP contribution in [-0.2, 0) is 9.53 Å². The van der Waals surface area contributed by atoms with E-state index in [9.17, 15) is 14.7 Å². The Kier molecular flexibility index (Phi) is 3.20. The fourth-order valence-electron chi connectivity index (χ4n) is 4.15. The summed E-state index contributed by atoms with van der Waals surface area (Å²) in [5, 5.41) is 12.4. The number of aliphatic carboxylic acids is 1. The molecule has 0 spiro atoms. The number of fused-ring (bicyclic) bond motifs is 1. The van der Waals surface area contributed by atoms with Gasteiger partial charge in [0.05, 0.1) is 11.5 Å². The number of hydrogen-bond acceptors (Lipinski definition) is 3. The summed E-state index contributed by atoms with van der Waals surface area (Å²) < 4.78 is 5.73. The lowest BCUT2D eigenvalue weighted by molar-refractivity contribution is -0.147. The molecule has 6 nitrogen and oxygen atoms in total. The van der Waals surface area contributed by atoms with Gasteiger partial charge in [-0.3, -0.25) is 4.79 Å². The zero-order chi connectivity index (χ0) is 15.4. The van der Waals surface area contributed by atoms with Crippen LogP contribution in [0.1, 0.15) is 33.6 Å². The smallest absolute Gasteiger partial charge is 0.317 e. The summed E-state index contributed by atoms with van der Waals surface area (Å²) in [5.41, 5.74) is -0.863. The van der Waals surface area contributed by atoms with Gasteiger partial charge in [-0.25, -0.2) is 4.79 Å². The summed E-state index contributed by atoms with van der Waals surface area (Å²) in [6.07, 6.45) is 1.75. The number of carboxylic acids is 1. The molecule has 3 fully saturated rings. The van der Waals surface area contributed by atoms with E-state index in [1.807, 2.05) is 0 Å². The molecule has 0 aromatic heterocycles. The van der Waals surface area contributed by atoms with Gasteiger partial charge in [0.15, 0.2) is 0 Å². The highest BCUT2D eigenvalue weighted by molar-refractivity contribution is 5.79. The zero-order valence-electron chi connectivity index (χ0n) is 12.9. The Hall–Kier alpha value is -1.30. The van der Waals surface area contributed by atoms with Crippen molar-refractivity contribution in [3.63, 3.8) is 0 Å². The second-order valence-corrected chi connectivity index (χ2v) is 7.53. The third kappa shape index (κ3) is 2.11. The molecule has 2 saturated heterocycles. The molecule has 3 aliphatic rings. The van der Waals surface area contributed by atoms with Crippen LogP contribution in [0.2, 0.25) is 0 Å². The van der Waals surface area contributed by atoms with Crippen molar-refractivity contribution in [3.05, 3.63) is 0 Å². The topological polar surface area (TPSA) is 78.9 Å². The normalized spacial score (nSPS) is 40.5. The van der Waals surface area contributed by atoms with Gasteiger partial charge in [-0.2, -0.15) is 0 Å². The molecular formula is C15H24N2O4. The zero-order valence-corrected chi connectivity index (χ0v) is 12.9. The molecule has 0 bridgehead atoms. The second kappa shape index (κ2) is 4.60. The minimum atomic E-state index is -0.828. The van der Waals surface area contributed by atoms with Crippen molar-refractivity contribution in [1.29, 1.82) is 0 Å². The summed E-state index contributed by atoms with van der Waals surface area (Å²) >= 11 is 0. The Morgan fingerprint density at radius 2 is 2.05 bits per heavy atom. The van der Waals surface area contributed by atoms with Crippen molar-refractivity contribution in [2.24, 2.45) is 16.7 Å². The van der Waals surface area contributed by atoms with E-state index in [1.165, 1.54) is 0 Å². The number of nitrogens with one attached hydrogen (secondary N) is 1. The van der Waals surface area contributed by atoms with Crippen molar-refractivity contribution in [2.75, 3.05) is 19.7 Å². The monoisotopic (exact) mass is 296 g/mol. The van der Waals surface area contributed by atoms with Crippen LogP contribution in [0, 0.1) is 16.7 Å². The Labute approximate surface area is 124 Å². The van der Waals surface area contributed by atoms with Gasteiger partial charge in [-0.05, 0) is 19.8 Å². The molecule has 0 aromatic rings. The molecule has 4 unspecified atom stereocenters. The molecule has 1 saturated carbocycles. The Bertz CT molecular complexity index is 478. The van der Waals surface area contributed by atoms with Crippen LogP contribution in [-0.4, -0.2) is 53.8 Å². The van der Waals surface area contributed by atoms with Crippen LogP contribution in [0.15, 0.2) is 0 Å². The molecule has 4 atom stereocenters. The largest absolute Gasteiger partial charge is 0.481 e. The predicted octanol–water partition coefficient (Wildman–Crippen LogP) is 1.31. The summed E-state index contributed by atoms with van der Waals surface area (Å²) in [6, 6.07) is -0.0161. The first kappa shape index (κ1) is 14.6. The van der Waals surface area contributed by atoms with E-state index >= 15 is 0 Å². The third-order valence-electron chi connectivity index (χ3n) is 5.66. The van der Waals surface area contributed by atoms with Crippen LogP contribution in [0.4, 0.5) is 4.79 Å². The highest BCUT2D eigenvalue weighted by Crippen LogP contribution is 2.52. The quantitative estimate of drug-likeness (QED) is 0.805. The number of likely N-dealkylation sites (tertiary alicyclic amines) is 1. The van der Waals surface area contributed by atoms with Crippen LogP contribution in [0.5, 0.6) is 0 Å². The molecule has 0 aromatic carbocycles. The maximum absolute atomic E-state index is 12.4. The standard InChI is InChI=1S/C15H24N2O4/c1-14(2)10(9-4-7-21-11(9)14)16-13(20)17-6-5-15(3,8-17)12(18)19/h9-11H,4-8H2,1-3H3,(H,16,20)(H,18,19). The SMILES string of the molecule is CC1(C(=O)O)CCN(C(=O)NC2C3CCOC3C2(C)C)C1. The molecule has 21 heavy (non-hydrogen) atoms. The molecular weight excluding hydrogens is 272 g/mol. The van der Waals surface area contributed by atoms with Crippen molar-refractivity contribution in [3.8, 4) is 0 Å². The van der Waals surface area contributed by atoms with E-state index in [2.05, 4.69) is 19.2 Å². The molecule has 118 valence electrons. The van der Waals surface area contributed by atoms with E-state index < -0.39 is 11.4 Å². The Morgan fingerprint density at radius 1 is 1.33 bits per heavy atom. The van der Waals surface area contributed by atoms with E-state index in [-0.39, 0.29) is 30.1 Å². The minimum Gasteiger partial charge on any atom is -0.481 e. The van der Waals surface area contributed by atoms with Crippen molar-refractivity contribution in [1.82, 2.24) is 10.2 Å². The van der Waals surface area contributed by atoms with Gasteiger partial charge < -0.3 is 20.1 Å². The van der Waals surface area contributed by atoms with Gasteiger partial charge in [-0.15, -0.1) is 0 Å². The molecule has 2 N–H and O–H groups in total. The third-order valence-corrected chi connectivity index (χ3v) is 5.66. The highest BCUT2D eigenvalue weighted by Gasteiger charge is 2.60. The van der Waals surface area contributed by atoms with Crippen LogP contribution in [0.3, 0.4) is 0 Å². The van der Waals surface area contributed by atoms with E-state index in [0.717, 1.165) is 13.0 Å². The maximum Gasteiger partial charge on any atom is 0.317 e. The van der Waals surface area contributed by atoms with E-state index in [4.69, 9.17) is 4.74 Å². The van der Waals surface area contributed by atoms with Gasteiger partial charge in [-0.1, -0.05) is 13.8 Å². The number of amides is 2. The summed E-state index contributed by atoms with van der Waals surface area (Å²) in [7, 11) is 0. The lowest BCUT2D eigenvalue weighted by Crippen LogP contribution is -2.67. The van der Waals surface area contributed by atoms with Gasteiger partial charge >= 0.3 is 12.0 Å². The number of carbonyl (C=O) groups is 2. The molecule has 3 rings (SSSR count). The van der Waals surface area contributed by atoms with E-state index in [1.54, 1.807) is 11.8 Å². The summed E-state index contributed by atoms with van der Waals surface area (Å²) in [5.74, 6) is -0.427. The average Bonchev–Trinajstić information content (AvgIpc) is 3.02. The van der Waals surface area contributed by atoms with Crippen LogP contribution in [0.25, 0.3) is 0 Å². The first-order valence-corrected chi connectivity index (χ1v) is 7.66. The number of urea groups is 1. The molecule has 2 aliphatic heterocycles. The van der Waals surface area contributed by atoms with Crippen LogP contribution < -0.4 is 5.32 Å². The lowest BCUT2D eigenvalue weighted by atomic mass is 9.57. The summed E-state index contributed by atoms with van der Waals surface area (Å²) in [6.45, 7) is 7.51. The van der Waals surface area contributed by atoms with Gasteiger partial charge in [0.2, 0.25) is 0 Å². The first-order valence-electron chi connectivity index (χ1n) is 7.66. The van der Waals surface area contributed by atoms with Gasteiger partial charge in [0, 0.05) is 37.1 Å². The molecule has 2 amide bonds. The molecule has 2 heterocycles. The molecule has 6 heteroatoms. The van der Waals surface area contributed by atoms with Gasteiger partial charge in [0.25, 0.3) is 0 Å². The fourth-order valence-corrected chi connectivity index (χ4v) is 4.15. The highest BCUT2D eigenvalue weighted by atomic mass is 16.5. The second-order valence-electron chi connectivity index (χ2n) is 7.53. The fraction of sp³-hybridized carbons (Fsp3) is 0.867. The first-order chi connectivity index (χ1) is 9.75. The molecule has 1 aliphatic carbocycles. The Morgan fingerprint density at radius 3 is 2.67 bits per heavy atom. The maximum atomic E-state index is 12.4. The number of carboxylic acid groups (broad SMARTS) is 1. The molecule has 0 radical (unpaired) electrons. The van der Waals surface area contributed by atoms with Crippen molar-refractivity contribution < 1.29 is 19.4 Å². The number of carbonyl (C=O) groups excluding carboxylic acids is 1. The number of nitrogens with zero attached hydrogens (tertiary/aromatic N) is 1. The number of rotatable bonds is 2. The lowest BCUT2D eigenvalue weighted by Gasteiger charge is -2.54. The van der Waals surface area contributed by atoms with Crippen LogP contribution >= 0.6 is 0 Å². The average molecular weight is 296 g/mol.